The van der Waals surface area contributed by atoms with Gasteiger partial charge >= 0.3 is 5.97 Å². The van der Waals surface area contributed by atoms with Crippen LogP contribution < -0.4 is 4.74 Å². The molecule has 6 nitrogen and oxygen atoms in total. The van der Waals surface area contributed by atoms with Gasteiger partial charge < -0.3 is 19.5 Å². The molecule has 1 aliphatic heterocycles. The lowest BCUT2D eigenvalue weighted by Gasteiger charge is -2.32. The number of amides is 1. The van der Waals surface area contributed by atoms with Crippen molar-refractivity contribution >= 4 is 33.9 Å². The minimum atomic E-state index is -1.02. The van der Waals surface area contributed by atoms with Gasteiger partial charge in [0.2, 0.25) is 5.91 Å². The first-order chi connectivity index (χ1) is 11.5. The Morgan fingerprint density at radius 2 is 2.12 bits per heavy atom. The quantitative estimate of drug-likeness (QED) is 0.746. The molecule has 130 valence electrons. The molecule has 0 spiro atoms. The Bertz CT molecular complexity index is 625. The Balaban J connectivity index is 2.17. The molecule has 24 heavy (non-hydrogen) atoms. The summed E-state index contributed by atoms with van der Waals surface area (Å²) < 4.78 is 11.4. The molecule has 0 radical (unpaired) electrons. The first-order valence-electron chi connectivity index (χ1n) is 7.63. The van der Waals surface area contributed by atoms with Crippen LogP contribution >= 0.6 is 15.9 Å². The molecule has 0 atom stereocenters. The first-order valence-corrected chi connectivity index (χ1v) is 8.42. The molecule has 1 aliphatic rings. The maximum Gasteiger partial charge on any atom is 0.323 e. The molecule has 7 heteroatoms. The molecule has 1 aromatic rings. The molecule has 1 saturated heterocycles. The molecule has 0 aromatic heterocycles. The van der Waals surface area contributed by atoms with Gasteiger partial charge in [0.1, 0.15) is 12.3 Å². The predicted octanol–water partition coefficient (Wildman–Crippen LogP) is 2.56. The minimum absolute atomic E-state index is 0.114. The standard InChI is InChI=1S/C17H20BrNO5/c1-23-15-4-3-13(18)10-12(15)2-5-16(20)19(11-17(21)22)14-6-8-24-9-7-14/h2-5,10,14H,6-9,11H2,1H3,(H,21,22)/b5-2-. The highest BCUT2D eigenvalue weighted by Gasteiger charge is 2.26. The second-order valence-electron chi connectivity index (χ2n) is 5.42. The number of carboxylic acid groups (broad SMARTS) is 1. The van der Waals surface area contributed by atoms with Gasteiger partial charge in [-0.25, -0.2) is 0 Å². The Morgan fingerprint density at radius 1 is 1.42 bits per heavy atom. The van der Waals surface area contributed by atoms with Crippen LogP contribution in [0.3, 0.4) is 0 Å². The largest absolute Gasteiger partial charge is 0.496 e. The van der Waals surface area contributed by atoms with E-state index in [1.807, 2.05) is 12.1 Å². The molecule has 2 rings (SSSR count). The van der Waals surface area contributed by atoms with Crippen molar-refractivity contribution in [1.29, 1.82) is 0 Å². The summed E-state index contributed by atoms with van der Waals surface area (Å²) >= 11 is 3.38. The van der Waals surface area contributed by atoms with E-state index in [1.165, 1.54) is 11.0 Å². The van der Waals surface area contributed by atoms with Gasteiger partial charge in [-0.2, -0.15) is 0 Å². The van der Waals surface area contributed by atoms with E-state index in [0.29, 0.717) is 31.8 Å². The third-order valence-electron chi connectivity index (χ3n) is 3.82. The molecule has 0 bridgehead atoms. The molecule has 1 fully saturated rings. The van der Waals surface area contributed by atoms with Gasteiger partial charge in [-0.15, -0.1) is 0 Å². The summed E-state index contributed by atoms with van der Waals surface area (Å²) in [6.07, 6.45) is 4.32. The molecule has 1 N–H and O–H groups in total. The van der Waals surface area contributed by atoms with Gasteiger partial charge in [0, 0.05) is 35.4 Å². The van der Waals surface area contributed by atoms with Crippen LogP contribution in [0.2, 0.25) is 0 Å². The van der Waals surface area contributed by atoms with Gasteiger partial charge in [0.25, 0.3) is 0 Å². The van der Waals surface area contributed by atoms with E-state index in [-0.39, 0.29) is 18.5 Å². The van der Waals surface area contributed by atoms with Crippen molar-refractivity contribution in [1.82, 2.24) is 4.90 Å². The van der Waals surface area contributed by atoms with E-state index < -0.39 is 5.97 Å². The van der Waals surface area contributed by atoms with Crippen LogP contribution in [0.25, 0.3) is 6.08 Å². The lowest BCUT2D eigenvalue weighted by atomic mass is 10.1. The summed E-state index contributed by atoms with van der Waals surface area (Å²) in [6.45, 7) is 0.762. The molecule has 1 amide bonds. The number of benzene rings is 1. The number of hydrogen-bond acceptors (Lipinski definition) is 4. The van der Waals surface area contributed by atoms with E-state index in [9.17, 15) is 9.59 Å². The summed E-state index contributed by atoms with van der Waals surface area (Å²) in [4.78, 5) is 25.0. The Morgan fingerprint density at radius 3 is 2.75 bits per heavy atom. The summed E-state index contributed by atoms with van der Waals surface area (Å²) in [7, 11) is 1.56. The molecule has 1 heterocycles. The first kappa shape index (κ1) is 18.5. The maximum atomic E-state index is 12.5. The zero-order valence-electron chi connectivity index (χ0n) is 13.4. The normalized spacial score (nSPS) is 15.4. The fourth-order valence-corrected chi connectivity index (χ4v) is 3.00. The molecule has 1 aromatic carbocycles. The Hall–Kier alpha value is -1.86. The van der Waals surface area contributed by atoms with Gasteiger partial charge in [-0.3, -0.25) is 9.59 Å². The van der Waals surface area contributed by atoms with Crippen LogP contribution in [0.15, 0.2) is 28.7 Å². The number of methoxy groups -OCH3 is 1. The number of ether oxygens (including phenoxy) is 2. The number of carbonyl (C=O) groups excluding carboxylic acids is 1. The van der Waals surface area contributed by atoms with Gasteiger partial charge in [0.15, 0.2) is 0 Å². The van der Waals surface area contributed by atoms with Gasteiger partial charge in [0.05, 0.1) is 7.11 Å². The van der Waals surface area contributed by atoms with Crippen molar-refractivity contribution in [2.24, 2.45) is 0 Å². The average Bonchev–Trinajstić information content (AvgIpc) is 2.58. The number of carboxylic acids is 1. The zero-order chi connectivity index (χ0) is 17.5. The van der Waals surface area contributed by atoms with Crippen LogP contribution in [0.4, 0.5) is 0 Å². The van der Waals surface area contributed by atoms with Crippen molar-refractivity contribution in [3.05, 3.63) is 34.3 Å². The second-order valence-corrected chi connectivity index (χ2v) is 6.34. The average molecular weight is 398 g/mol. The summed E-state index contributed by atoms with van der Waals surface area (Å²) in [5.74, 6) is -0.715. The van der Waals surface area contributed by atoms with Crippen molar-refractivity contribution in [2.75, 3.05) is 26.9 Å². The molecule has 0 aliphatic carbocycles. The topological polar surface area (TPSA) is 76.1 Å². The van der Waals surface area contributed by atoms with E-state index in [0.717, 1.165) is 10.0 Å². The third kappa shape index (κ3) is 5.07. The zero-order valence-corrected chi connectivity index (χ0v) is 15.0. The lowest BCUT2D eigenvalue weighted by Crippen LogP contribution is -2.45. The molecule has 0 unspecified atom stereocenters. The van der Waals surface area contributed by atoms with E-state index in [1.54, 1.807) is 19.3 Å². The van der Waals surface area contributed by atoms with Gasteiger partial charge in [-0.05, 0) is 37.1 Å². The molecule has 0 saturated carbocycles. The highest BCUT2D eigenvalue weighted by atomic mass is 79.9. The highest BCUT2D eigenvalue weighted by molar-refractivity contribution is 9.10. The number of rotatable bonds is 6. The van der Waals surface area contributed by atoms with E-state index in [4.69, 9.17) is 14.6 Å². The van der Waals surface area contributed by atoms with Crippen molar-refractivity contribution in [3.8, 4) is 5.75 Å². The lowest BCUT2D eigenvalue weighted by molar-refractivity contribution is -0.145. The Labute approximate surface area is 149 Å². The highest BCUT2D eigenvalue weighted by Crippen LogP contribution is 2.24. The van der Waals surface area contributed by atoms with Crippen LogP contribution in [0.5, 0.6) is 5.75 Å². The van der Waals surface area contributed by atoms with Crippen molar-refractivity contribution < 1.29 is 24.2 Å². The number of hydrogen-bond donors (Lipinski definition) is 1. The number of halogens is 1. The summed E-state index contributed by atoms with van der Waals surface area (Å²) in [5.41, 5.74) is 0.738. The number of carbonyl (C=O) groups is 2. The fourth-order valence-electron chi connectivity index (χ4n) is 2.62. The fraction of sp³-hybridized carbons (Fsp3) is 0.412. The molecular formula is C17H20BrNO5. The Kier molecular flexibility index (Phi) is 6.81. The smallest absolute Gasteiger partial charge is 0.323 e. The monoisotopic (exact) mass is 397 g/mol. The third-order valence-corrected chi connectivity index (χ3v) is 4.31. The van der Waals surface area contributed by atoms with E-state index in [2.05, 4.69) is 15.9 Å². The van der Waals surface area contributed by atoms with Gasteiger partial charge in [-0.1, -0.05) is 15.9 Å². The summed E-state index contributed by atoms with van der Waals surface area (Å²) in [6, 6.07) is 5.35. The van der Waals surface area contributed by atoms with Crippen LogP contribution in [0.1, 0.15) is 18.4 Å². The molecular weight excluding hydrogens is 378 g/mol. The van der Waals surface area contributed by atoms with Crippen molar-refractivity contribution in [2.45, 2.75) is 18.9 Å². The second kappa shape index (κ2) is 8.84. The van der Waals surface area contributed by atoms with Crippen LogP contribution in [-0.4, -0.2) is 54.8 Å². The maximum absolute atomic E-state index is 12.5. The van der Waals surface area contributed by atoms with Crippen LogP contribution in [-0.2, 0) is 14.3 Å². The van der Waals surface area contributed by atoms with Crippen LogP contribution in [0, 0.1) is 0 Å². The SMILES string of the molecule is COc1ccc(Br)cc1/C=C\C(=O)N(CC(=O)O)C1CCOCC1. The number of aliphatic carboxylic acids is 1. The minimum Gasteiger partial charge on any atom is -0.496 e. The summed E-state index contributed by atoms with van der Waals surface area (Å²) in [5, 5.41) is 9.09. The van der Waals surface area contributed by atoms with Crippen molar-refractivity contribution in [3.63, 3.8) is 0 Å². The predicted molar refractivity (Wildman–Crippen MR) is 92.9 cm³/mol. The number of nitrogens with zero attached hydrogens (tertiary/aromatic N) is 1. The van der Waals surface area contributed by atoms with E-state index >= 15 is 0 Å².